The normalized spacial score (nSPS) is 12.8. The Bertz CT molecular complexity index is 1170. The van der Waals surface area contributed by atoms with E-state index in [-0.39, 0.29) is 29.5 Å². The van der Waals surface area contributed by atoms with Crippen LogP contribution in [0.4, 0.5) is 0 Å². The van der Waals surface area contributed by atoms with E-state index >= 15 is 0 Å². The summed E-state index contributed by atoms with van der Waals surface area (Å²) in [7, 11) is 1.58. The first kappa shape index (κ1) is 21.2. The Balaban J connectivity index is 1.41. The van der Waals surface area contributed by atoms with Crippen molar-refractivity contribution < 1.29 is 28.4 Å². The second kappa shape index (κ2) is 9.01. The first-order chi connectivity index (χ1) is 15.5. The Labute approximate surface area is 183 Å². The molecule has 0 saturated carbocycles. The summed E-state index contributed by atoms with van der Waals surface area (Å²) in [6.07, 6.45) is 1.59. The first-order valence-electron chi connectivity index (χ1n) is 10.2. The fourth-order valence-electron chi connectivity index (χ4n) is 3.32. The van der Waals surface area contributed by atoms with Crippen LogP contribution < -0.4 is 4.74 Å². The Morgan fingerprint density at radius 1 is 1.06 bits per heavy atom. The molecule has 3 aromatic rings. The predicted molar refractivity (Wildman–Crippen MR) is 112 cm³/mol. The molecule has 1 aromatic heterocycles. The van der Waals surface area contributed by atoms with Crippen LogP contribution in [0, 0.1) is 0 Å². The van der Waals surface area contributed by atoms with Crippen LogP contribution >= 0.6 is 0 Å². The second-order valence-electron chi connectivity index (χ2n) is 7.19. The third-order valence-electron chi connectivity index (χ3n) is 5.08. The maximum Gasteiger partial charge on any atom is 0.338 e. The summed E-state index contributed by atoms with van der Waals surface area (Å²) < 4.78 is 15.5. The number of hydrogen-bond donors (Lipinski definition) is 0. The molecular formula is C23H21N3O6. The summed E-state index contributed by atoms with van der Waals surface area (Å²) in [6, 6.07) is 11.4. The zero-order valence-electron chi connectivity index (χ0n) is 17.7. The van der Waals surface area contributed by atoms with Crippen molar-refractivity contribution in [3.05, 3.63) is 65.0 Å². The SMILES string of the molecule is CCCCN1C(=O)c2ccc(C(=O)OCc3nc(-c4ccc(OC)cc4)no3)cc2C1=O. The molecule has 9 heteroatoms. The molecule has 0 radical (unpaired) electrons. The Morgan fingerprint density at radius 3 is 2.53 bits per heavy atom. The highest BCUT2D eigenvalue weighted by Gasteiger charge is 2.35. The van der Waals surface area contributed by atoms with Crippen LogP contribution in [0.15, 0.2) is 47.0 Å². The molecule has 0 bridgehead atoms. The van der Waals surface area contributed by atoms with E-state index in [4.69, 9.17) is 14.0 Å². The molecule has 0 aliphatic carbocycles. The van der Waals surface area contributed by atoms with Crippen LogP contribution in [-0.4, -0.2) is 46.5 Å². The number of aromatic nitrogens is 2. The Hall–Kier alpha value is -4.01. The molecule has 0 spiro atoms. The molecule has 2 heterocycles. The van der Waals surface area contributed by atoms with Gasteiger partial charge in [0.05, 0.1) is 23.8 Å². The maximum absolute atomic E-state index is 12.6. The molecule has 2 aromatic carbocycles. The van der Waals surface area contributed by atoms with Gasteiger partial charge in [0.1, 0.15) is 5.75 Å². The molecule has 1 aliphatic rings. The van der Waals surface area contributed by atoms with Gasteiger partial charge in [0.2, 0.25) is 5.82 Å². The highest BCUT2D eigenvalue weighted by molar-refractivity contribution is 6.21. The molecule has 0 fully saturated rings. The van der Waals surface area contributed by atoms with Crippen LogP contribution in [0.2, 0.25) is 0 Å². The van der Waals surface area contributed by atoms with Gasteiger partial charge in [-0.1, -0.05) is 18.5 Å². The topological polar surface area (TPSA) is 112 Å². The molecule has 4 rings (SSSR count). The van der Waals surface area contributed by atoms with Gasteiger partial charge in [0.15, 0.2) is 6.61 Å². The van der Waals surface area contributed by atoms with Gasteiger partial charge in [0.25, 0.3) is 17.7 Å². The minimum absolute atomic E-state index is 0.127. The molecule has 0 saturated heterocycles. The lowest BCUT2D eigenvalue weighted by molar-refractivity contribution is 0.0429. The smallest absolute Gasteiger partial charge is 0.338 e. The number of benzene rings is 2. The lowest BCUT2D eigenvalue weighted by atomic mass is 10.1. The lowest BCUT2D eigenvalue weighted by Gasteiger charge is -2.12. The number of carbonyl (C=O) groups excluding carboxylic acids is 3. The number of amides is 2. The van der Waals surface area contributed by atoms with E-state index in [1.54, 1.807) is 31.4 Å². The maximum atomic E-state index is 12.6. The van der Waals surface area contributed by atoms with E-state index in [9.17, 15) is 14.4 Å². The molecule has 32 heavy (non-hydrogen) atoms. The molecule has 1 aliphatic heterocycles. The number of methoxy groups -OCH3 is 1. The van der Waals surface area contributed by atoms with Gasteiger partial charge in [-0.05, 0) is 48.9 Å². The molecular weight excluding hydrogens is 414 g/mol. The number of unbranched alkanes of at least 4 members (excludes halogenated alkanes) is 1. The number of esters is 1. The van der Waals surface area contributed by atoms with Gasteiger partial charge in [-0.2, -0.15) is 4.98 Å². The minimum Gasteiger partial charge on any atom is -0.497 e. The van der Waals surface area contributed by atoms with Crippen molar-refractivity contribution in [2.45, 2.75) is 26.4 Å². The van der Waals surface area contributed by atoms with E-state index in [1.807, 2.05) is 6.92 Å². The van der Waals surface area contributed by atoms with Crippen molar-refractivity contribution >= 4 is 17.8 Å². The highest BCUT2D eigenvalue weighted by atomic mass is 16.6. The van der Waals surface area contributed by atoms with Crippen LogP contribution in [0.25, 0.3) is 11.4 Å². The molecule has 0 atom stereocenters. The van der Waals surface area contributed by atoms with E-state index in [1.165, 1.54) is 23.1 Å². The zero-order valence-corrected chi connectivity index (χ0v) is 17.7. The van der Waals surface area contributed by atoms with Gasteiger partial charge in [-0.25, -0.2) is 4.79 Å². The highest BCUT2D eigenvalue weighted by Crippen LogP contribution is 2.25. The van der Waals surface area contributed by atoms with Crippen molar-refractivity contribution in [2.75, 3.05) is 13.7 Å². The summed E-state index contributed by atoms with van der Waals surface area (Å²) in [5, 5.41) is 3.89. The standard InChI is InChI=1S/C23H21N3O6/c1-3-4-11-26-21(27)17-10-7-15(12-18(17)22(26)28)23(29)31-13-19-24-20(25-32-19)14-5-8-16(30-2)9-6-14/h5-10,12H,3-4,11,13H2,1-2H3. The van der Waals surface area contributed by atoms with Crippen LogP contribution in [0.1, 0.15) is 56.7 Å². The van der Waals surface area contributed by atoms with Crippen molar-refractivity contribution in [3.63, 3.8) is 0 Å². The summed E-state index contributed by atoms with van der Waals surface area (Å²) >= 11 is 0. The minimum atomic E-state index is -0.663. The number of hydrogen-bond acceptors (Lipinski definition) is 8. The first-order valence-corrected chi connectivity index (χ1v) is 10.2. The fourth-order valence-corrected chi connectivity index (χ4v) is 3.32. The summed E-state index contributed by atoms with van der Waals surface area (Å²) in [5.74, 6) is -0.210. The third-order valence-corrected chi connectivity index (χ3v) is 5.08. The Morgan fingerprint density at radius 2 is 1.81 bits per heavy atom. The quantitative estimate of drug-likeness (QED) is 0.390. The third kappa shape index (κ3) is 4.09. The number of rotatable bonds is 8. The van der Waals surface area contributed by atoms with Gasteiger partial charge >= 0.3 is 5.97 Å². The van der Waals surface area contributed by atoms with Gasteiger partial charge < -0.3 is 14.0 Å². The number of imide groups is 1. The fraction of sp³-hybridized carbons (Fsp3) is 0.261. The zero-order chi connectivity index (χ0) is 22.7. The molecule has 0 N–H and O–H groups in total. The number of carbonyl (C=O) groups is 3. The van der Waals surface area contributed by atoms with Gasteiger partial charge in [-0.15, -0.1) is 0 Å². The lowest BCUT2D eigenvalue weighted by Crippen LogP contribution is -2.30. The van der Waals surface area contributed by atoms with Gasteiger partial charge in [-0.3, -0.25) is 14.5 Å². The average Bonchev–Trinajstić information content (AvgIpc) is 3.39. The molecule has 164 valence electrons. The average molecular weight is 435 g/mol. The molecule has 2 amide bonds. The predicted octanol–water partition coefficient (Wildman–Crippen LogP) is 3.50. The Kier molecular flexibility index (Phi) is 5.98. The van der Waals surface area contributed by atoms with E-state index in [0.29, 0.717) is 23.7 Å². The van der Waals surface area contributed by atoms with Crippen LogP contribution in [-0.2, 0) is 11.3 Å². The monoisotopic (exact) mass is 435 g/mol. The number of nitrogens with zero attached hydrogens (tertiary/aromatic N) is 3. The van der Waals surface area contributed by atoms with Crippen LogP contribution in [0.3, 0.4) is 0 Å². The number of fused-ring (bicyclic) bond motifs is 1. The van der Waals surface area contributed by atoms with Crippen molar-refractivity contribution in [2.24, 2.45) is 0 Å². The summed E-state index contributed by atoms with van der Waals surface area (Å²) in [5.41, 5.74) is 1.39. The van der Waals surface area contributed by atoms with Crippen molar-refractivity contribution in [3.8, 4) is 17.1 Å². The summed E-state index contributed by atoms with van der Waals surface area (Å²) in [6.45, 7) is 2.11. The second-order valence-corrected chi connectivity index (χ2v) is 7.19. The van der Waals surface area contributed by atoms with E-state index < -0.39 is 11.9 Å². The van der Waals surface area contributed by atoms with Crippen molar-refractivity contribution in [1.82, 2.24) is 15.0 Å². The molecule has 0 unspecified atom stereocenters. The van der Waals surface area contributed by atoms with Crippen molar-refractivity contribution in [1.29, 1.82) is 0 Å². The van der Waals surface area contributed by atoms with Crippen LogP contribution in [0.5, 0.6) is 5.75 Å². The summed E-state index contributed by atoms with van der Waals surface area (Å²) in [4.78, 5) is 42.9. The largest absolute Gasteiger partial charge is 0.497 e. The van der Waals surface area contributed by atoms with Gasteiger partial charge in [0, 0.05) is 12.1 Å². The van der Waals surface area contributed by atoms with E-state index in [0.717, 1.165) is 18.4 Å². The van der Waals surface area contributed by atoms with E-state index in [2.05, 4.69) is 10.1 Å². The number of ether oxygens (including phenoxy) is 2. The molecule has 9 nitrogen and oxygen atoms in total.